The molecule has 28 heavy (non-hydrogen) atoms. The van der Waals surface area contributed by atoms with E-state index in [1.165, 1.54) is 12.3 Å². The molecule has 10 nitrogen and oxygen atoms in total. The fraction of sp³-hybridized carbons (Fsp3) is 0.278. The molecule has 1 aromatic carbocycles. The summed E-state index contributed by atoms with van der Waals surface area (Å²) in [5.74, 6) is 0.816. The van der Waals surface area contributed by atoms with Gasteiger partial charge in [0.1, 0.15) is 17.8 Å². The Hall–Kier alpha value is -3.69. The van der Waals surface area contributed by atoms with Crippen molar-refractivity contribution < 1.29 is 19.2 Å². The molecule has 0 bridgehead atoms. The quantitative estimate of drug-likeness (QED) is 0.627. The first-order valence-electron chi connectivity index (χ1n) is 8.72. The lowest BCUT2D eigenvalue weighted by atomic mass is 10.1. The lowest BCUT2D eigenvalue weighted by Crippen LogP contribution is -2.49. The van der Waals surface area contributed by atoms with Gasteiger partial charge in [0, 0.05) is 37.8 Å². The summed E-state index contributed by atoms with van der Waals surface area (Å²) < 4.78 is 5.31. The molecule has 0 unspecified atom stereocenters. The predicted molar refractivity (Wildman–Crippen MR) is 99.6 cm³/mol. The maximum absolute atomic E-state index is 12.8. The third kappa shape index (κ3) is 3.43. The van der Waals surface area contributed by atoms with Gasteiger partial charge < -0.3 is 19.9 Å². The molecule has 10 heteroatoms. The zero-order valence-corrected chi connectivity index (χ0v) is 14.8. The molecule has 2 aliphatic rings. The first kappa shape index (κ1) is 17.7. The minimum absolute atomic E-state index is 0.0288. The largest absolute Gasteiger partial charge is 0.482 e. The van der Waals surface area contributed by atoms with Crippen LogP contribution in [0.3, 0.4) is 0 Å². The summed E-state index contributed by atoms with van der Waals surface area (Å²) >= 11 is 0. The highest BCUT2D eigenvalue weighted by molar-refractivity contribution is 6.00. The van der Waals surface area contributed by atoms with Gasteiger partial charge in [0.05, 0.1) is 10.6 Å². The maximum atomic E-state index is 12.8. The second-order valence-corrected chi connectivity index (χ2v) is 6.46. The van der Waals surface area contributed by atoms with Crippen LogP contribution < -0.4 is 15.0 Å². The van der Waals surface area contributed by atoms with Crippen LogP contribution >= 0.6 is 0 Å². The van der Waals surface area contributed by atoms with Crippen LogP contribution in [0.25, 0.3) is 0 Å². The van der Waals surface area contributed by atoms with Gasteiger partial charge in [0.15, 0.2) is 6.61 Å². The molecule has 0 aliphatic carbocycles. The van der Waals surface area contributed by atoms with Crippen molar-refractivity contribution in [2.75, 3.05) is 43.0 Å². The van der Waals surface area contributed by atoms with E-state index in [-0.39, 0.29) is 24.1 Å². The highest BCUT2D eigenvalue weighted by Crippen LogP contribution is 2.29. The van der Waals surface area contributed by atoms with Crippen LogP contribution in [0.15, 0.2) is 36.5 Å². The molecule has 144 valence electrons. The number of fused-ring (bicyclic) bond motifs is 1. The van der Waals surface area contributed by atoms with E-state index in [9.17, 15) is 19.7 Å². The van der Waals surface area contributed by atoms with Crippen molar-refractivity contribution in [2.24, 2.45) is 0 Å². The minimum atomic E-state index is -0.487. The Morgan fingerprint density at radius 3 is 2.64 bits per heavy atom. The average molecular weight is 383 g/mol. The van der Waals surface area contributed by atoms with Crippen molar-refractivity contribution in [1.82, 2.24) is 9.88 Å². The van der Waals surface area contributed by atoms with E-state index in [0.717, 1.165) is 0 Å². The van der Waals surface area contributed by atoms with Crippen molar-refractivity contribution in [2.45, 2.75) is 0 Å². The van der Waals surface area contributed by atoms with Crippen LogP contribution in [-0.2, 0) is 4.79 Å². The third-order valence-electron chi connectivity index (χ3n) is 4.69. The topological polar surface area (TPSA) is 118 Å². The predicted octanol–water partition coefficient (Wildman–Crippen LogP) is 1.28. The summed E-state index contributed by atoms with van der Waals surface area (Å²) in [5, 5.41) is 13.4. The number of piperazine rings is 1. The molecular weight excluding hydrogens is 366 g/mol. The number of pyridine rings is 1. The number of amides is 2. The molecule has 0 spiro atoms. The zero-order valence-electron chi connectivity index (χ0n) is 14.8. The van der Waals surface area contributed by atoms with Crippen LogP contribution in [0.5, 0.6) is 5.75 Å². The van der Waals surface area contributed by atoms with Crippen molar-refractivity contribution in [1.29, 1.82) is 0 Å². The van der Waals surface area contributed by atoms with E-state index in [1.807, 2.05) is 4.90 Å². The standard InChI is InChI=1S/C18H17N5O5/c24-17-11-28-15-3-1-12(9-14(15)20-17)18(25)22-7-5-21(6-8-22)16-4-2-13(10-19-16)23(26)27/h1-4,9-10H,5-8,11H2,(H,20,24). The average Bonchev–Trinajstić information content (AvgIpc) is 2.73. The monoisotopic (exact) mass is 383 g/mol. The summed E-state index contributed by atoms with van der Waals surface area (Å²) in [6.45, 7) is 2.11. The SMILES string of the molecule is O=C1COc2ccc(C(=O)N3CCN(c4ccc([N+](=O)[O-])cn4)CC3)cc2N1. The molecule has 2 aliphatic heterocycles. The first-order valence-corrected chi connectivity index (χ1v) is 8.72. The molecule has 0 saturated carbocycles. The van der Waals surface area contributed by atoms with Crippen LogP contribution in [0, 0.1) is 10.1 Å². The number of benzene rings is 1. The van der Waals surface area contributed by atoms with Crippen LogP contribution in [-0.4, -0.2) is 59.4 Å². The van der Waals surface area contributed by atoms with Gasteiger partial charge in [-0.25, -0.2) is 4.98 Å². The van der Waals surface area contributed by atoms with Crippen molar-refractivity contribution in [3.8, 4) is 5.75 Å². The number of nitrogens with zero attached hydrogens (tertiary/aromatic N) is 4. The summed E-state index contributed by atoms with van der Waals surface area (Å²) in [7, 11) is 0. The van der Waals surface area contributed by atoms with Gasteiger partial charge in [-0.2, -0.15) is 0 Å². The second kappa shape index (κ2) is 7.14. The first-order chi connectivity index (χ1) is 13.5. The Balaban J connectivity index is 1.41. The van der Waals surface area contributed by atoms with E-state index < -0.39 is 4.92 Å². The normalized spacial score (nSPS) is 16.1. The number of anilines is 2. The van der Waals surface area contributed by atoms with Gasteiger partial charge in [0.25, 0.3) is 17.5 Å². The molecule has 1 saturated heterocycles. The lowest BCUT2D eigenvalue weighted by molar-refractivity contribution is -0.385. The van der Waals surface area contributed by atoms with Crippen molar-refractivity contribution in [3.05, 3.63) is 52.2 Å². The zero-order chi connectivity index (χ0) is 19.7. The van der Waals surface area contributed by atoms with E-state index in [1.54, 1.807) is 29.2 Å². The number of hydrogen-bond acceptors (Lipinski definition) is 7. The number of nitrogens with one attached hydrogen (secondary N) is 1. The fourth-order valence-electron chi connectivity index (χ4n) is 3.21. The summed E-state index contributed by atoms with van der Waals surface area (Å²) in [4.78, 5) is 42.3. The molecular formula is C18H17N5O5. The summed E-state index contributed by atoms with van der Waals surface area (Å²) in [6, 6.07) is 8.02. The van der Waals surface area contributed by atoms with Crippen LogP contribution in [0.4, 0.5) is 17.2 Å². The highest BCUT2D eigenvalue weighted by Gasteiger charge is 2.25. The maximum Gasteiger partial charge on any atom is 0.287 e. The van der Waals surface area contributed by atoms with E-state index >= 15 is 0 Å². The Kier molecular flexibility index (Phi) is 4.52. The van der Waals surface area contributed by atoms with Crippen LogP contribution in [0.2, 0.25) is 0 Å². The van der Waals surface area contributed by atoms with E-state index in [0.29, 0.717) is 49.0 Å². The molecule has 0 radical (unpaired) electrons. The fourth-order valence-corrected chi connectivity index (χ4v) is 3.21. The number of carbonyl (C=O) groups excluding carboxylic acids is 2. The molecule has 1 aromatic heterocycles. The van der Waals surface area contributed by atoms with Gasteiger partial charge in [-0.15, -0.1) is 0 Å². The summed E-state index contributed by atoms with van der Waals surface area (Å²) in [5.41, 5.74) is 0.920. The molecule has 1 N–H and O–H groups in total. The Labute approximate surface area is 159 Å². The molecule has 2 amide bonds. The molecule has 0 atom stereocenters. The van der Waals surface area contributed by atoms with Crippen LogP contribution in [0.1, 0.15) is 10.4 Å². The number of ether oxygens (including phenoxy) is 1. The van der Waals surface area contributed by atoms with Gasteiger partial charge in [-0.3, -0.25) is 19.7 Å². The number of aromatic nitrogens is 1. The number of nitro groups is 1. The third-order valence-corrected chi connectivity index (χ3v) is 4.69. The molecule has 4 rings (SSSR count). The minimum Gasteiger partial charge on any atom is -0.482 e. The number of hydrogen-bond donors (Lipinski definition) is 1. The molecule has 1 fully saturated rings. The Morgan fingerprint density at radius 1 is 1.18 bits per heavy atom. The number of rotatable bonds is 3. The molecule has 3 heterocycles. The van der Waals surface area contributed by atoms with E-state index in [4.69, 9.17) is 4.74 Å². The second-order valence-electron chi connectivity index (χ2n) is 6.46. The molecule has 2 aromatic rings. The number of carbonyl (C=O) groups is 2. The summed E-state index contributed by atoms with van der Waals surface area (Å²) in [6.07, 6.45) is 1.23. The van der Waals surface area contributed by atoms with Gasteiger partial charge in [0.2, 0.25) is 0 Å². The van der Waals surface area contributed by atoms with Gasteiger partial charge >= 0.3 is 0 Å². The van der Waals surface area contributed by atoms with Crippen molar-refractivity contribution in [3.63, 3.8) is 0 Å². The van der Waals surface area contributed by atoms with Gasteiger partial charge in [-0.05, 0) is 24.3 Å². The van der Waals surface area contributed by atoms with Gasteiger partial charge in [-0.1, -0.05) is 0 Å². The lowest BCUT2D eigenvalue weighted by Gasteiger charge is -2.35. The van der Waals surface area contributed by atoms with Crippen molar-refractivity contribution >= 4 is 29.0 Å². The Morgan fingerprint density at radius 2 is 1.96 bits per heavy atom. The Bertz CT molecular complexity index is 938. The highest BCUT2D eigenvalue weighted by atomic mass is 16.6. The van der Waals surface area contributed by atoms with E-state index in [2.05, 4.69) is 10.3 Å². The smallest absolute Gasteiger partial charge is 0.287 e.